The first-order valence-corrected chi connectivity index (χ1v) is 9.89. The number of rotatable bonds is 5. The smallest absolute Gasteiger partial charge is 0.258 e. The van der Waals surface area contributed by atoms with Crippen molar-refractivity contribution in [3.63, 3.8) is 0 Å². The number of carbonyl (C=O) groups excluding carboxylic acids is 1. The number of ether oxygens (including phenoxy) is 1. The van der Waals surface area contributed by atoms with Crippen LogP contribution >= 0.6 is 11.6 Å². The fraction of sp³-hybridized carbons (Fsp3) is 0.333. The largest absolute Gasteiger partial charge is 0.481 e. The Morgan fingerprint density at radius 2 is 1.92 bits per heavy atom. The Balaban J connectivity index is 2.20. The van der Waals surface area contributed by atoms with E-state index in [0.29, 0.717) is 17.1 Å². The summed E-state index contributed by atoms with van der Waals surface area (Å²) in [6, 6.07) is 9.75. The predicted molar refractivity (Wildman–Crippen MR) is 103 cm³/mol. The topological polar surface area (TPSA) is 85.4 Å². The minimum Gasteiger partial charge on any atom is -0.481 e. The second kappa shape index (κ2) is 7.63. The standard InChI is InChI=1S/C18H21ClN2O4S/c1-18(2,3)26(23,24)11-12-6-5-7-13(10-12)20-17(22)14-8-9-15(25-4)21-16(14)19/h5-10H,11H2,1-4H3,(H,20,22). The molecule has 2 rings (SSSR count). The number of nitrogens with zero attached hydrogens (tertiary/aromatic N) is 1. The highest BCUT2D eigenvalue weighted by atomic mass is 35.5. The molecule has 0 aliphatic carbocycles. The highest BCUT2D eigenvalue weighted by Crippen LogP contribution is 2.23. The van der Waals surface area contributed by atoms with Crippen molar-refractivity contribution in [1.29, 1.82) is 0 Å². The van der Waals surface area contributed by atoms with Gasteiger partial charge in [-0.1, -0.05) is 23.7 Å². The molecule has 1 amide bonds. The van der Waals surface area contributed by atoms with Crippen LogP contribution in [0.4, 0.5) is 5.69 Å². The minimum absolute atomic E-state index is 0.0216. The van der Waals surface area contributed by atoms with Gasteiger partial charge >= 0.3 is 0 Å². The van der Waals surface area contributed by atoms with Crippen molar-refractivity contribution in [2.75, 3.05) is 12.4 Å². The first-order chi connectivity index (χ1) is 12.0. The molecule has 1 heterocycles. The number of benzene rings is 1. The summed E-state index contributed by atoms with van der Waals surface area (Å²) in [6.07, 6.45) is 0. The Morgan fingerprint density at radius 1 is 1.23 bits per heavy atom. The van der Waals surface area contributed by atoms with E-state index < -0.39 is 20.5 Å². The number of aromatic nitrogens is 1. The number of anilines is 1. The zero-order valence-electron chi connectivity index (χ0n) is 15.0. The average Bonchev–Trinajstić information content (AvgIpc) is 2.53. The first-order valence-electron chi connectivity index (χ1n) is 7.86. The quantitative estimate of drug-likeness (QED) is 0.778. The fourth-order valence-electron chi connectivity index (χ4n) is 2.07. The van der Waals surface area contributed by atoms with Crippen LogP contribution in [-0.4, -0.2) is 31.2 Å². The van der Waals surface area contributed by atoms with Gasteiger partial charge in [0.1, 0.15) is 5.15 Å². The Morgan fingerprint density at radius 3 is 2.50 bits per heavy atom. The van der Waals surface area contributed by atoms with Gasteiger partial charge in [-0.2, -0.15) is 0 Å². The van der Waals surface area contributed by atoms with Crippen molar-refractivity contribution in [2.24, 2.45) is 0 Å². The number of nitrogens with one attached hydrogen (secondary N) is 1. The van der Waals surface area contributed by atoms with Crippen LogP contribution in [0.2, 0.25) is 5.15 Å². The van der Waals surface area contributed by atoms with Crippen LogP contribution in [0.5, 0.6) is 5.88 Å². The van der Waals surface area contributed by atoms with E-state index in [1.54, 1.807) is 45.0 Å². The number of hydrogen-bond acceptors (Lipinski definition) is 5. The van der Waals surface area contributed by atoms with Crippen molar-refractivity contribution in [1.82, 2.24) is 4.98 Å². The number of pyridine rings is 1. The van der Waals surface area contributed by atoms with Gasteiger partial charge in [0, 0.05) is 11.8 Å². The normalized spacial score (nSPS) is 11.9. The summed E-state index contributed by atoms with van der Waals surface area (Å²) in [6.45, 7) is 4.98. The van der Waals surface area contributed by atoms with E-state index in [0.717, 1.165) is 0 Å². The Bertz CT molecular complexity index is 921. The lowest BCUT2D eigenvalue weighted by molar-refractivity contribution is 0.102. The zero-order chi connectivity index (χ0) is 19.5. The molecule has 8 heteroatoms. The molecule has 0 aliphatic rings. The van der Waals surface area contributed by atoms with Gasteiger partial charge in [-0.15, -0.1) is 0 Å². The van der Waals surface area contributed by atoms with Gasteiger partial charge in [-0.25, -0.2) is 13.4 Å². The summed E-state index contributed by atoms with van der Waals surface area (Å²) >= 11 is 6.01. The molecule has 0 bridgehead atoms. The number of halogens is 1. The molecular weight excluding hydrogens is 376 g/mol. The molecule has 0 unspecified atom stereocenters. The molecule has 0 aliphatic heterocycles. The number of sulfone groups is 1. The number of hydrogen-bond donors (Lipinski definition) is 1. The highest BCUT2D eigenvalue weighted by molar-refractivity contribution is 7.91. The van der Waals surface area contributed by atoms with Gasteiger partial charge in [0.2, 0.25) is 5.88 Å². The molecule has 6 nitrogen and oxygen atoms in total. The van der Waals surface area contributed by atoms with Gasteiger partial charge in [0.05, 0.1) is 23.2 Å². The SMILES string of the molecule is COc1ccc(C(=O)Nc2cccc(CS(=O)(=O)C(C)(C)C)c2)c(Cl)n1. The lowest BCUT2D eigenvalue weighted by Gasteiger charge is -2.19. The summed E-state index contributed by atoms with van der Waals surface area (Å²) < 4.78 is 28.8. The van der Waals surface area contributed by atoms with Crippen molar-refractivity contribution >= 4 is 33.0 Å². The number of methoxy groups -OCH3 is 1. The summed E-state index contributed by atoms with van der Waals surface area (Å²) in [5, 5.41) is 2.72. The molecule has 0 fully saturated rings. The summed E-state index contributed by atoms with van der Waals surface area (Å²) in [4.78, 5) is 16.3. The maximum absolute atomic E-state index is 12.4. The van der Waals surface area contributed by atoms with E-state index in [2.05, 4.69) is 10.3 Å². The third-order valence-corrected chi connectivity index (χ3v) is 6.62. The second-order valence-corrected chi connectivity index (χ2v) is 9.82. The van der Waals surface area contributed by atoms with Crippen molar-refractivity contribution in [2.45, 2.75) is 31.3 Å². The molecule has 2 aromatic rings. The van der Waals surface area contributed by atoms with E-state index in [4.69, 9.17) is 16.3 Å². The molecular formula is C18H21ClN2O4S. The Hall–Kier alpha value is -2.12. The molecule has 1 N–H and O–H groups in total. The van der Waals surface area contributed by atoms with Crippen LogP contribution in [0.1, 0.15) is 36.7 Å². The van der Waals surface area contributed by atoms with E-state index >= 15 is 0 Å². The maximum Gasteiger partial charge on any atom is 0.258 e. The summed E-state index contributed by atoms with van der Waals surface area (Å²) in [5.41, 5.74) is 1.26. The second-order valence-electron chi connectivity index (χ2n) is 6.72. The van der Waals surface area contributed by atoms with Crippen LogP contribution in [-0.2, 0) is 15.6 Å². The highest BCUT2D eigenvalue weighted by Gasteiger charge is 2.29. The number of carbonyl (C=O) groups is 1. The van der Waals surface area contributed by atoms with E-state index in [9.17, 15) is 13.2 Å². The fourth-order valence-corrected chi connectivity index (χ4v) is 3.36. The van der Waals surface area contributed by atoms with Crippen molar-refractivity contribution in [3.8, 4) is 5.88 Å². The average molecular weight is 397 g/mol. The van der Waals surface area contributed by atoms with E-state index in [1.807, 2.05) is 0 Å². The molecule has 26 heavy (non-hydrogen) atoms. The Kier molecular flexibility index (Phi) is 5.93. The third kappa shape index (κ3) is 4.74. The summed E-state index contributed by atoms with van der Waals surface area (Å²) in [5.74, 6) is -0.243. The zero-order valence-corrected chi connectivity index (χ0v) is 16.6. The molecule has 0 radical (unpaired) electrons. The maximum atomic E-state index is 12.4. The molecule has 0 saturated heterocycles. The van der Waals surface area contributed by atoms with Crippen LogP contribution in [0.3, 0.4) is 0 Å². The predicted octanol–water partition coefficient (Wildman–Crippen LogP) is 3.71. The molecule has 1 aromatic carbocycles. The van der Waals surface area contributed by atoms with Crippen LogP contribution in [0.25, 0.3) is 0 Å². The third-order valence-electron chi connectivity index (χ3n) is 3.75. The van der Waals surface area contributed by atoms with E-state index in [1.165, 1.54) is 19.2 Å². The molecule has 0 spiro atoms. The van der Waals surface area contributed by atoms with Gasteiger partial charge in [-0.05, 0) is 44.5 Å². The van der Waals surface area contributed by atoms with Crippen molar-refractivity contribution < 1.29 is 17.9 Å². The van der Waals surface area contributed by atoms with Crippen molar-refractivity contribution in [3.05, 3.63) is 52.7 Å². The number of amides is 1. The van der Waals surface area contributed by atoms with Gasteiger partial charge in [0.15, 0.2) is 9.84 Å². The first kappa shape index (κ1) is 20.2. The molecule has 1 aromatic heterocycles. The molecule has 0 atom stereocenters. The van der Waals surface area contributed by atoms with Gasteiger partial charge in [0.25, 0.3) is 5.91 Å². The van der Waals surface area contributed by atoms with Gasteiger partial charge in [-0.3, -0.25) is 4.79 Å². The summed E-state index contributed by atoms with van der Waals surface area (Å²) in [7, 11) is -1.87. The van der Waals surface area contributed by atoms with Crippen LogP contribution < -0.4 is 10.1 Å². The lowest BCUT2D eigenvalue weighted by Crippen LogP contribution is -2.29. The van der Waals surface area contributed by atoms with Crippen LogP contribution in [0, 0.1) is 0 Å². The lowest BCUT2D eigenvalue weighted by atomic mass is 10.2. The Labute approximate surface area is 158 Å². The van der Waals surface area contributed by atoms with E-state index in [-0.39, 0.29) is 16.5 Å². The van der Waals surface area contributed by atoms with Gasteiger partial charge < -0.3 is 10.1 Å². The minimum atomic E-state index is -3.32. The van der Waals surface area contributed by atoms with Crippen LogP contribution in [0.15, 0.2) is 36.4 Å². The molecule has 140 valence electrons. The molecule has 0 saturated carbocycles. The monoisotopic (exact) mass is 396 g/mol.